The first-order valence-corrected chi connectivity index (χ1v) is 7.72. The standard InChI is InChI=1S/C18H15F2N3O2/c1-2-23(18(25)11-7-8-13(19)14(20)9-11)10-16-21-15-6-4-3-5-12(15)17(24)22-16/h3-9H,2,10H2,1H3,(H,21,22,24). The second kappa shape index (κ2) is 6.80. The minimum atomic E-state index is -1.08. The Kier molecular flexibility index (Phi) is 4.56. The summed E-state index contributed by atoms with van der Waals surface area (Å²) in [5, 5.41) is 0.459. The van der Waals surface area contributed by atoms with E-state index < -0.39 is 17.5 Å². The molecular formula is C18H15F2N3O2. The number of hydrogen-bond acceptors (Lipinski definition) is 3. The highest BCUT2D eigenvalue weighted by molar-refractivity contribution is 5.94. The van der Waals surface area contributed by atoms with E-state index in [0.29, 0.717) is 23.3 Å². The summed E-state index contributed by atoms with van der Waals surface area (Å²) >= 11 is 0. The molecule has 0 aliphatic heterocycles. The highest BCUT2D eigenvalue weighted by Gasteiger charge is 2.17. The number of H-pyrrole nitrogens is 1. The second-order valence-corrected chi connectivity index (χ2v) is 5.48. The number of nitrogens with zero attached hydrogens (tertiary/aromatic N) is 2. The van der Waals surface area contributed by atoms with Gasteiger partial charge in [-0.25, -0.2) is 13.8 Å². The van der Waals surface area contributed by atoms with Crippen LogP contribution >= 0.6 is 0 Å². The van der Waals surface area contributed by atoms with E-state index >= 15 is 0 Å². The van der Waals surface area contributed by atoms with Crippen molar-refractivity contribution in [2.24, 2.45) is 0 Å². The Morgan fingerprint density at radius 2 is 1.92 bits per heavy atom. The van der Waals surface area contributed by atoms with Crippen LogP contribution in [0.5, 0.6) is 0 Å². The van der Waals surface area contributed by atoms with Gasteiger partial charge in [0.05, 0.1) is 17.4 Å². The fourth-order valence-electron chi connectivity index (χ4n) is 2.53. The van der Waals surface area contributed by atoms with E-state index in [4.69, 9.17) is 0 Å². The molecule has 5 nitrogen and oxygen atoms in total. The summed E-state index contributed by atoms with van der Waals surface area (Å²) in [6, 6.07) is 9.87. The van der Waals surface area contributed by atoms with E-state index in [1.54, 1.807) is 31.2 Å². The predicted molar refractivity (Wildman–Crippen MR) is 89.1 cm³/mol. The monoisotopic (exact) mass is 343 g/mol. The van der Waals surface area contributed by atoms with Crippen LogP contribution in [0.3, 0.4) is 0 Å². The molecule has 1 N–H and O–H groups in total. The van der Waals surface area contributed by atoms with Crippen LogP contribution in [0.1, 0.15) is 23.1 Å². The van der Waals surface area contributed by atoms with Crippen molar-refractivity contribution in [2.45, 2.75) is 13.5 Å². The molecule has 0 atom stereocenters. The van der Waals surface area contributed by atoms with Gasteiger partial charge in [0.2, 0.25) is 0 Å². The fourth-order valence-corrected chi connectivity index (χ4v) is 2.53. The first-order valence-electron chi connectivity index (χ1n) is 7.72. The Morgan fingerprint density at radius 1 is 1.16 bits per heavy atom. The molecule has 1 aromatic heterocycles. The molecule has 2 aromatic carbocycles. The molecule has 0 aliphatic carbocycles. The summed E-state index contributed by atoms with van der Waals surface area (Å²) in [6.45, 7) is 2.11. The lowest BCUT2D eigenvalue weighted by Gasteiger charge is -2.20. The van der Waals surface area contributed by atoms with Crippen LogP contribution in [0.25, 0.3) is 10.9 Å². The molecule has 0 unspecified atom stereocenters. The van der Waals surface area contributed by atoms with Crippen LogP contribution < -0.4 is 5.56 Å². The molecule has 1 amide bonds. The molecule has 0 aliphatic rings. The van der Waals surface area contributed by atoms with E-state index in [2.05, 4.69) is 9.97 Å². The lowest BCUT2D eigenvalue weighted by molar-refractivity contribution is 0.0748. The number of benzene rings is 2. The number of carbonyl (C=O) groups excluding carboxylic acids is 1. The highest BCUT2D eigenvalue weighted by atomic mass is 19.2. The van der Waals surface area contributed by atoms with E-state index in [9.17, 15) is 18.4 Å². The van der Waals surface area contributed by atoms with Crippen molar-refractivity contribution in [1.29, 1.82) is 0 Å². The number of fused-ring (bicyclic) bond motifs is 1. The van der Waals surface area contributed by atoms with Crippen LogP contribution in [0.2, 0.25) is 0 Å². The number of para-hydroxylation sites is 1. The zero-order valence-corrected chi connectivity index (χ0v) is 13.4. The summed E-state index contributed by atoms with van der Waals surface area (Å²) in [4.78, 5) is 33.0. The number of hydrogen-bond donors (Lipinski definition) is 1. The predicted octanol–water partition coefficient (Wildman–Crippen LogP) is 2.86. The molecule has 0 saturated carbocycles. The Labute approximate surface area is 141 Å². The van der Waals surface area contributed by atoms with Crippen LogP contribution in [0.4, 0.5) is 8.78 Å². The lowest BCUT2D eigenvalue weighted by atomic mass is 10.2. The first kappa shape index (κ1) is 16.8. The molecule has 1 heterocycles. The van der Waals surface area contributed by atoms with E-state index in [-0.39, 0.29) is 17.7 Å². The maximum absolute atomic E-state index is 13.4. The van der Waals surface area contributed by atoms with Gasteiger partial charge in [0.1, 0.15) is 5.82 Å². The van der Waals surface area contributed by atoms with Gasteiger partial charge in [0, 0.05) is 12.1 Å². The molecule has 0 spiro atoms. The molecule has 128 valence electrons. The summed E-state index contributed by atoms with van der Waals surface area (Å²) in [5.41, 5.74) is 0.262. The molecule has 3 aromatic rings. The number of rotatable bonds is 4. The third-order valence-electron chi connectivity index (χ3n) is 3.84. The molecule has 0 saturated heterocycles. The SMILES string of the molecule is CCN(Cc1nc2ccccc2c(=O)[nH]1)C(=O)c1ccc(F)c(F)c1. The van der Waals surface area contributed by atoms with Gasteiger partial charge in [0.25, 0.3) is 11.5 Å². The molecule has 3 rings (SSSR count). The van der Waals surface area contributed by atoms with Crippen LogP contribution in [-0.2, 0) is 6.54 Å². The van der Waals surface area contributed by atoms with Crippen LogP contribution in [0.15, 0.2) is 47.3 Å². The van der Waals surface area contributed by atoms with Gasteiger partial charge in [-0.2, -0.15) is 0 Å². The Bertz CT molecular complexity index is 1000. The minimum Gasteiger partial charge on any atom is -0.331 e. The molecular weight excluding hydrogens is 328 g/mol. The van der Waals surface area contributed by atoms with Crippen molar-refractivity contribution in [2.75, 3.05) is 6.54 Å². The third kappa shape index (κ3) is 3.40. The molecule has 0 bridgehead atoms. The number of aromatic nitrogens is 2. The maximum atomic E-state index is 13.4. The van der Waals surface area contributed by atoms with Crippen molar-refractivity contribution < 1.29 is 13.6 Å². The zero-order valence-electron chi connectivity index (χ0n) is 13.4. The Morgan fingerprint density at radius 3 is 2.64 bits per heavy atom. The van der Waals surface area contributed by atoms with Gasteiger partial charge in [-0.3, -0.25) is 9.59 Å². The largest absolute Gasteiger partial charge is 0.331 e. The quantitative estimate of drug-likeness (QED) is 0.792. The summed E-state index contributed by atoms with van der Waals surface area (Å²) in [6.07, 6.45) is 0. The van der Waals surface area contributed by atoms with Gasteiger partial charge >= 0.3 is 0 Å². The molecule has 25 heavy (non-hydrogen) atoms. The van der Waals surface area contributed by atoms with Crippen LogP contribution in [0, 0.1) is 11.6 Å². The van der Waals surface area contributed by atoms with Crippen molar-refractivity contribution in [1.82, 2.24) is 14.9 Å². The second-order valence-electron chi connectivity index (χ2n) is 5.48. The van der Waals surface area contributed by atoms with Gasteiger partial charge in [0.15, 0.2) is 11.6 Å². The van der Waals surface area contributed by atoms with Gasteiger partial charge in [-0.1, -0.05) is 12.1 Å². The Balaban J connectivity index is 1.90. The average molecular weight is 343 g/mol. The van der Waals surface area contributed by atoms with Crippen molar-refractivity contribution >= 4 is 16.8 Å². The summed E-state index contributed by atoms with van der Waals surface area (Å²) in [5.74, 6) is -2.25. The van der Waals surface area contributed by atoms with Crippen molar-refractivity contribution in [3.63, 3.8) is 0 Å². The van der Waals surface area contributed by atoms with Gasteiger partial charge in [-0.15, -0.1) is 0 Å². The number of nitrogens with one attached hydrogen (secondary N) is 1. The van der Waals surface area contributed by atoms with Gasteiger partial charge in [-0.05, 0) is 37.3 Å². The third-order valence-corrected chi connectivity index (χ3v) is 3.84. The van der Waals surface area contributed by atoms with Crippen LogP contribution in [-0.4, -0.2) is 27.3 Å². The Hall–Kier alpha value is -3.09. The first-order chi connectivity index (χ1) is 12.0. The van der Waals surface area contributed by atoms with E-state index in [1.165, 1.54) is 11.0 Å². The van der Waals surface area contributed by atoms with Crippen molar-refractivity contribution in [3.8, 4) is 0 Å². The average Bonchev–Trinajstić information content (AvgIpc) is 2.61. The number of aromatic amines is 1. The molecule has 7 heteroatoms. The zero-order chi connectivity index (χ0) is 18.0. The van der Waals surface area contributed by atoms with E-state index in [1.807, 2.05) is 0 Å². The normalized spacial score (nSPS) is 10.8. The minimum absolute atomic E-state index is 0.0314. The van der Waals surface area contributed by atoms with Crippen molar-refractivity contribution in [3.05, 3.63) is 75.8 Å². The fraction of sp³-hybridized carbons (Fsp3) is 0.167. The number of carbonyl (C=O) groups is 1. The summed E-state index contributed by atoms with van der Waals surface area (Å²) < 4.78 is 26.4. The van der Waals surface area contributed by atoms with E-state index in [0.717, 1.165) is 12.1 Å². The number of halogens is 2. The maximum Gasteiger partial charge on any atom is 0.258 e. The molecule has 0 fully saturated rings. The van der Waals surface area contributed by atoms with Gasteiger partial charge < -0.3 is 9.88 Å². The summed E-state index contributed by atoms with van der Waals surface area (Å²) in [7, 11) is 0. The molecule has 0 radical (unpaired) electrons. The number of amides is 1. The highest BCUT2D eigenvalue weighted by Crippen LogP contribution is 2.13. The lowest BCUT2D eigenvalue weighted by Crippen LogP contribution is -2.32. The smallest absolute Gasteiger partial charge is 0.258 e. The topological polar surface area (TPSA) is 66.1 Å².